The fourth-order valence-electron chi connectivity index (χ4n) is 1.29. The summed E-state index contributed by atoms with van der Waals surface area (Å²) in [7, 11) is 0. The van der Waals surface area contributed by atoms with Crippen LogP contribution in [-0.2, 0) is 9.59 Å². The van der Waals surface area contributed by atoms with Gasteiger partial charge in [-0.3, -0.25) is 9.59 Å². The van der Waals surface area contributed by atoms with Crippen molar-refractivity contribution in [2.75, 3.05) is 0 Å². The van der Waals surface area contributed by atoms with Gasteiger partial charge in [0.25, 0.3) is 0 Å². The lowest BCUT2D eigenvalue weighted by molar-refractivity contribution is -0.137. The summed E-state index contributed by atoms with van der Waals surface area (Å²) in [6.45, 7) is 5.79. The highest BCUT2D eigenvalue weighted by Gasteiger charge is 2.19. The largest absolute Gasteiger partial charge is 0.481 e. The lowest BCUT2D eigenvalue weighted by Gasteiger charge is -2.15. The van der Waals surface area contributed by atoms with Crippen LogP contribution in [0.25, 0.3) is 0 Å². The van der Waals surface area contributed by atoms with Gasteiger partial charge in [0.1, 0.15) is 5.78 Å². The Morgan fingerprint density at radius 1 is 0.933 bits per heavy atom. The molecule has 0 radical (unpaired) electrons. The van der Waals surface area contributed by atoms with Crippen molar-refractivity contribution < 1.29 is 14.7 Å². The van der Waals surface area contributed by atoms with Crippen molar-refractivity contribution in [2.45, 2.75) is 59.3 Å². The van der Waals surface area contributed by atoms with Gasteiger partial charge in [-0.05, 0) is 12.8 Å². The van der Waals surface area contributed by atoms with Crippen LogP contribution >= 0.6 is 0 Å². The van der Waals surface area contributed by atoms with Crippen molar-refractivity contribution in [3.05, 3.63) is 0 Å². The predicted molar refractivity (Wildman–Crippen MR) is 59.8 cm³/mol. The Kier molecular flexibility index (Phi) is 6.21. The molecule has 0 atom stereocenters. The Morgan fingerprint density at radius 2 is 1.40 bits per heavy atom. The molecule has 0 aliphatic heterocycles. The third-order valence-corrected chi connectivity index (χ3v) is 2.38. The average Bonchev–Trinajstić information content (AvgIpc) is 2.08. The molecule has 0 aromatic heterocycles. The van der Waals surface area contributed by atoms with Crippen molar-refractivity contribution in [3.8, 4) is 0 Å². The quantitative estimate of drug-likeness (QED) is 0.663. The summed E-state index contributed by atoms with van der Waals surface area (Å²) in [4.78, 5) is 21.7. The van der Waals surface area contributed by atoms with E-state index >= 15 is 0 Å². The van der Waals surface area contributed by atoms with Gasteiger partial charge in [-0.2, -0.15) is 0 Å². The number of ketones is 1. The molecule has 0 bridgehead atoms. The van der Waals surface area contributed by atoms with Crippen molar-refractivity contribution in [1.29, 1.82) is 0 Å². The monoisotopic (exact) mass is 214 g/mol. The first-order valence-corrected chi connectivity index (χ1v) is 5.59. The minimum atomic E-state index is -0.735. The van der Waals surface area contributed by atoms with E-state index in [0.717, 1.165) is 25.7 Å². The molecule has 1 N–H and O–H groups in total. The summed E-state index contributed by atoms with van der Waals surface area (Å²) < 4.78 is 0. The highest BCUT2D eigenvalue weighted by Crippen LogP contribution is 2.18. The first-order valence-electron chi connectivity index (χ1n) is 5.59. The molecule has 0 fully saturated rings. The Balaban J connectivity index is 3.40. The van der Waals surface area contributed by atoms with Crippen LogP contribution in [0.2, 0.25) is 0 Å². The Hall–Kier alpha value is -0.860. The maximum absolute atomic E-state index is 11.5. The van der Waals surface area contributed by atoms with E-state index in [1.165, 1.54) is 0 Å². The zero-order valence-corrected chi connectivity index (χ0v) is 10.0. The molecular formula is C12H22O3. The molecule has 0 heterocycles. The number of unbranched alkanes of at least 4 members (excludes halogenated alkanes) is 3. The van der Waals surface area contributed by atoms with Crippen LogP contribution in [0, 0.1) is 5.41 Å². The van der Waals surface area contributed by atoms with Gasteiger partial charge in [-0.1, -0.05) is 33.6 Å². The van der Waals surface area contributed by atoms with Gasteiger partial charge in [0, 0.05) is 18.3 Å². The van der Waals surface area contributed by atoms with Crippen LogP contribution in [0.3, 0.4) is 0 Å². The molecule has 0 aromatic carbocycles. The van der Waals surface area contributed by atoms with E-state index < -0.39 is 5.97 Å². The number of carboxylic acid groups (broad SMARTS) is 1. The van der Waals surface area contributed by atoms with Gasteiger partial charge in [-0.25, -0.2) is 0 Å². The molecule has 3 nitrogen and oxygen atoms in total. The van der Waals surface area contributed by atoms with Gasteiger partial charge in [0.2, 0.25) is 0 Å². The second kappa shape index (κ2) is 6.59. The van der Waals surface area contributed by atoms with Gasteiger partial charge in [0.05, 0.1) is 0 Å². The molecule has 0 saturated carbocycles. The molecule has 88 valence electrons. The first-order chi connectivity index (χ1) is 6.84. The zero-order valence-electron chi connectivity index (χ0n) is 10.0. The fourth-order valence-corrected chi connectivity index (χ4v) is 1.29. The number of Topliss-reactive ketones (excluding diaryl/α,β-unsaturated/α-hetero) is 1. The summed E-state index contributed by atoms with van der Waals surface area (Å²) in [5.74, 6) is -0.443. The minimum Gasteiger partial charge on any atom is -0.481 e. The Bertz CT molecular complexity index is 213. The number of hydrogen-bond acceptors (Lipinski definition) is 2. The second-order valence-corrected chi connectivity index (χ2v) is 4.98. The van der Waals surface area contributed by atoms with E-state index in [1.807, 2.05) is 20.8 Å². The molecular weight excluding hydrogens is 192 g/mol. The summed E-state index contributed by atoms with van der Waals surface area (Å²) in [5, 5.41) is 8.41. The van der Waals surface area contributed by atoms with E-state index in [0.29, 0.717) is 12.2 Å². The third kappa shape index (κ3) is 8.16. The second-order valence-electron chi connectivity index (χ2n) is 4.98. The molecule has 0 amide bonds. The molecule has 0 aliphatic rings. The molecule has 15 heavy (non-hydrogen) atoms. The maximum atomic E-state index is 11.5. The van der Waals surface area contributed by atoms with Crippen LogP contribution in [-0.4, -0.2) is 16.9 Å². The first kappa shape index (κ1) is 14.1. The summed E-state index contributed by atoms with van der Waals surface area (Å²) in [6.07, 6.45) is 4.33. The number of rotatable bonds is 7. The number of aliphatic carboxylic acids is 1. The van der Waals surface area contributed by atoms with E-state index in [1.54, 1.807) is 0 Å². The molecule has 0 spiro atoms. The highest BCUT2D eigenvalue weighted by atomic mass is 16.4. The summed E-state index contributed by atoms with van der Waals surface area (Å²) in [6, 6.07) is 0. The van der Waals surface area contributed by atoms with Crippen LogP contribution in [0.4, 0.5) is 0 Å². The molecule has 0 rings (SSSR count). The summed E-state index contributed by atoms with van der Waals surface area (Å²) >= 11 is 0. The van der Waals surface area contributed by atoms with Crippen LogP contribution in [0.1, 0.15) is 59.3 Å². The van der Waals surface area contributed by atoms with Crippen molar-refractivity contribution >= 4 is 11.8 Å². The number of hydrogen-bond donors (Lipinski definition) is 1. The van der Waals surface area contributed by atoms with E-state index in [9.17, 15) is 9.59 Å². The Morgan fingerprint density at radius 3 is 1.80 bits per heavy atom. The number of carbonyl (C=O) groups is 2. The predicted octanol–water partition coefficient (Wildman–Crippen LogP) is 3.03. The van der Waals surface area contributed by atoms with Gasteiger partial charge >= 0.3 is 5.97 Å². The van der Waals surface area contributed by atoms with Crippen LogP contribution in [0.15, 0.2) is 0 Å². The normalized spacial score (nSPS) is 11.4. The Labute approximate surface area is 91.9 Å². The summed E-state index contributed by atoms with van der Waals surface area (Å²) in [5.41, 5.74) is -0.235. The fraction of sp³-hybridized carbons (Fsp3) is 0.833. The van der Waals surface area contributed by atoms with Crippen LogP contribution < -0.4 is 0 Å². The lowest BCUT2D eigenvalue weighted by atomic mass is 9.88. The van der Waals surface area contributed by atoms with E-state index in [2.05, 4.69) is 0 Å². The average molecular weight is 214 g/mol. The van der Waals surface area contributed by atoms with Crippen molar-refractivity contribution in [1.82, 2.24) is 0 Å². The maximum Gasteiger partial charge on any atom is 0.303 e. The highest BCUT2D eigenvalue weighted by molar-refractivity contribution is 5.83. The van der Waals surface area contributed by atoms with Gasteiger partial charge in [0.15, 0.2) is 0 Å². The molecule has 0 saturated heterocycles. The standard InChI is InChI=1S/C12H22O3/c1-12(2,3)10(13)8-6-4-5-7-9-11(14)15/h4-9H2,1-3H3,(H,14,15). The van der Waals surface area contributed by atoms with E-state index in [-0.39, 0.29) is 11.8 Å². The van der Waals surface area contributed by atoms with Crippen LogP contribution in [0.5, 0.6) is 0 Å². The van der Waals surface area contributed by atoms with E-state index in [4.69, 9.17) is 5.11 Å². The molecule has 0 unspecified atom stereocenters. The molecule has 3 heteroatoms. The number of carboxylic acids is 1. The smallest absolute Gasteiger partial charge is 0.303 e. The van der Waals surface area contributed by atoms with Gasteiger partial charge < -0.3 is 5.11 Å². The minimum absolute atomic E-state index is 0.235. The molecule has 0 aromatic rings. The lowest BCUT2D eigenvalue weighted by Crippen LogP contribution is -2.19. The zero-order chi connectivity index (χ0) is 11.9. The molecule has 0 aliphatic carbocycles. The van der Waals surface area contributed by atoms with Crippen molar-refractivity contribution in [2.24, 2.45) is 5.41 Å². The topological polar surface area (TPSA) is 54.4 Å². The number of carbonyl (C=O) groups excluding carboxylic acids is 1. The third-order valence-electron chi connectivity index (χ3n) is 2.38. The van der Waals surface area contributed by atoms with Crippen molar-refractivity contribution in [3.63, 3.8) is 0 Å². The van der Waals surface area contributed by atoms with Gasteiger partial charge in [-0.15, -0.1) is 0 Å². The SMILES string of the molecule is CC(C)(C)C(=O)CCCCCCC(=O)O.